The number of benzene rings is 1. The molecule has 112 valence electrons. The molecule has 20 heavy (non-hydrogen) atoms. The highest BCUT2D eigenvalue weighted by atomic mass is 35.5. The van der Waals surface area contributed by atoms with Crippen molar-refractivity contribution in [3.63, 3.8) is 0 Å². The molecule has 0 saturated carbocycles. The number of likely N-dealkylation sites (N-methyl/N-ethyl adjacent to an activating group) is 1. The normalized spacial score (nSPS) is 18.6. The van der Waals surface area contributed by atoms with E-state index in [-0.39, 0.29) is 18.3 Å². The van der Waals surface area contributed by atoms with Crippen molar-refractivity contribution in [3.05, 3.63) is 35.4 Å². The molecule has 2 rings (SSSR count). The summed E-state index contributed by atoms with van der Waals surface area (Å²) in [6.07, 6.45) is 2.42. The Balaban J connectivity index is 0.00000200. The van der Waals surface area contributed by atoms with Crippen LogP contribution >= 0.6 is 12.4 Å². The molecule has 1 unspecified atom stereocenters. The van der Waals surface area contributed by atoms with Crippen molar-refractivity contribution in [2.45, 2.75) is 32.4 Å². The van der Waals surface area contributed by atoms with Crippen LogP contribution in [-0.2, 0) is 6.54 Å². The lowest BCUT2D eigenvalue weighted by Crippen LogP contribution is -2.40. The zero-order chi connectivity index (χ0) is 13.7. The number of likely N-dealkylation sites (tertiary alicyclic amines) is 1. The summed E-state index contributed by atoms with van der Waals surface area (Å²) in [7, 11) is 0. The highest BCUT2D eigenvalue weighted by molar-refractivity contribution is 5.94. The van der Waals surface area contributed by atoms with Gasteiger partial charge in [0.1, 0.15) is 0 Å². The van der Waals surface area contributed by atoms with Gasteiger partial charge in [0.2, 0.25) is 0 Å². The number of amides is 1. The lowest BCUT2D eigenvalue weighted by atomic mass is 10.1. The van der Waals surface area contributed by atoms with Gasteiger partial charge < -0.3 is 11.1 Å². The number of hydrogen-bond donors (Lipinski definition) is 2. The van der Waals surface area contributed by atoms with E-state index in [2.05, 4.69) is 17.1 Å². The van der Waals surface area contributed by atoms with Crippen molar-refractivity contribution in [1.29, 1.82) is 0 Å². The number of nitrogens with two attached hydrogens (primary N) is 1. The second kappa shape index (κ2) is 8.25. The fourth-order valence-corrected chi connectivity index (χ4v) is 2.65. The second-order valence-corrected chi connectivity index (χ2v) is 5.04. The van der Waals surface area contributed by atoms with E-state index in [0.29, 0.717) is 18.2 Å². The minimum Gasteiger partial charge on any atom is -0.350 e. The first kappa shape index (κ1) is 17.0. The SMILES string of the molecule is CCN1CCCC1CNC(=O)c1ccc(CN)cc1.Cl. The molecule has 1 amide bonds. The van der Waals surface area contributed by atoms with Gasteiger partial charge in [-0.05, 0) is 43.6 Å². The van der Waals surface area contributed by atoms with Gasteiger partial charge in [0.25, 0.3) is 5.91 Å². The van der Waals surface area contributed by atoms with Crippen molar-refractivity contribution in [2.24, 2.45) is 5.73 Å². The zero-order valence-electron chi connectivity index (χ0n) is 12.0. The molecule has 0 radical (unpaired) electrons. The Morgan fingerprint density at radius 3 is 2.70 bits per heavy atom. The van der Waals surface area contributed by atoms with Gasteiger partial charge in [-0.15, -0.1) is 12.4 Å². The van der Waals surface area contributed by atoms with Gasteiger partial charge in [0, 0.05) is 24.7 Å². The van der Waals surface area contributed by atoms with Gasteiger partial charge >= 0.3 is 0 Å². The second-order valence-electron chi connectivity index (χ2n) is 5.04. The molecule has 0 aromatic heterocycles. The minimum absolute atomic E-state index is 0. The number of hydrogen-bond acceptors (Lipinski definition) is 3. The fourth-order valence-electron chi connectivity index (χ4n) is 2.65. The van der Waals surface area contributed by atoms with Gasteiger partial charge in [-0.25, -0.2) is 0 Å². The van der Waals surface area contributed by atoms with Crippen molar-refractivity contribution < 1.29 is 4.79 Å². The first-order valence-electron chi connectivity index (χ1n) is 7.06. The van der Waals surface area contributed by atoms with E-state index in [4.69, 9.17) is 5.73 Å². The van der Waals surface area contributed by atoms with Gasteiger partial charge in [-0.3, -0.25) is 9.69 Å². The van der Waals surface area contributed by atoms with E-state index in [1.165, 1.54) is 12.8 Å². The van der Waals surface area contributed by atoms with Crippen LogP contribution in [0.25, 0.3) is 0 Å². The molecular weight excluding hydrogens is 274 g/mol. The number of carbonyl (C=O) groups excluding carboxylic acids is 1. The fraction of sp³-hybridized carbons (Fsp3) is 0.533. The summed E-state index contributed by atoms with van der Waals surface area (Å²) in [5, 5.41) is 3.03. The summed E-state index contributed by atoms with van der Waals surface area (Å²) >= 11 is 0. The smallest absolute Gasteiger partial charge is 0.251 e. The Morgan fingerprint density at radius 1 is 1.40 bits per heavy atom. The Kier molecular flexibility index (Phi) is 6.99. The van der Waals surface area contributed by atoms with Crippen LogP contribution in [0, 0.1) is 0 Å². The third-order valence-corrected chi connectivity index (χ3v) is 3.86. The third-order valence-electron chi connectivity index (χ3n) is 3.86. The molecule has 1 saturated heterocycles. The van der Waals surface area contributed by atoms with E-state index in [1.807, 2.05) is 24.3 Å². The molecule has 0 bridgehead atoms. The van der Waals surface area contributed by atoms with Crippen LogP contribution in [0.5, 0.6) is 0 Å². The van der Waals surface area contributed by atoms with Crippen LogP contribution in [-0.4, -0.2) is 36.5 Å². The summed E-state index contributed by atoms with van der Waals surface area (Å²) in [4.78, 5) is 14.5. The zero-order valence-corrected chi connectivity index (χ0v) is 12.8. The molecule has 0 spiro atoms. The predicted molar refractivity (Wildman–Crippen MR) is 84.2 cm³/mol. The Bertz CT molecular complexity index is 422. The molecule has 0 aliphatic carbocycles. The first-order chi connectivity index (χ1) is 9.24. The van der Waals surface area contributed by atoms with Crippen LogP contribution in [0.15, 0.2) is 24.3 Å². The lowest BCUT2D eigenvalue weighted by molar-refractivity contribution is 0.0941. The van der Waals surface area contributed by atoms with E-state index in [1.54, 1.807) is 0 Å². The van der Waals surface area contributed by atoms with E-state index >= 15 is 0 Å². The molecule has 1 aromatic carbocycles. The minimum atomic E-state index is 0. The molecule has 1 aliphatic heterocycles. The average molecular weight is 298 g/mol. The summed E-state index contributed by atoms with van der Waals surface area (Å²) in [5.41, 5.74) is 7.29. The summed E-state index contributed by atoms with van der Waals surface area (Å²) in [6, 6.07) is 7.98. The van der Waals surface area contributed by atoms with Gasteiger partial charge in [-0.2, -0.15) is 0 Å². The van der Waals surface area contributed by atoms with E-state index in [0.717, 1.165) is 25.2 Å². The van der Waals surface area contributed by atoms with E-state index < -0.39 is 0 Å². The molecule has 1 fully saturated rings. The lowest BCUT2D eigenvalue weighted by Gasteiger charge is -2.22. The third kappa shape index (κ3) is 4.20. The quantitative estimate of drug-likeness (QED) is 0.871. The monoisotopic (exact) mass is 297 g/mol. The summed E-state index contributed by atoms with van der Waals surface area (Å²) in [6.45, 7) is 5.64. The Labute approximate surface area is 127 Å². The topological polar surface area (TPSA) is 58.4 Å². The molecule has 1 atom stereocenters. The largest absolute Gasteiger partial charge is 0.350 e. The van der Waals surface area contributed by atoms with Crippen molar-refractivity contribution in [2.75, 3.05) is 19.6 Å². The number of nitrogens with zero attached hydrogens (tertiary/aromatic N) is 1. The number of nitrogens with one attached hydrogen (secondary N) is 1. The maximum absolute atomic E-state index is 12.0. The van der Waals surface area contributed by atoms with Crippen LogP contribution in [0.3, 0.4) is 0 Å². The summed E-state index contributed by atoms with van der Waals surface area (Å²) in [5.74, 6) is 0.00604. The molecule has 5 heteroatoms. The van der Waals surface area contributed by atoms with Crippen molar-refractivity contribution in [1.82, 2.24) is 10.2 Å². The number of carbonyl (C=O) groups is 1. The Hall–Kier alpha value is -1.10. The maximum Gasteiger partial charge on any atom is 0.251 e. The number of rotatable bonds is 5. The first-order valence-corrected chi connectivity index (χ1v) is 7.06. The molecule has 1 heterocycles. The van der Waals surface area contributed by atoms with Crippen LogP contribution in [0.2, 0.25) is 0 Å². The molecular formula is C15H24ClN3O. The average Bonchev–Trinajstić information content (AvgIpc) is 2.92. The van der Waals surface area contributed by atoms with Gasteiger partial charge in [0.05, 0.1) is 0 Å². The standard InChI is InChI=1S/C15H23N3O.ClH/c1-2-18-9-3-4-14(18)11-17-15(19)13-7-5-12(10-16)6-8-13;/h5-8,14H,2-4,9-11,16H2,1H3,(H,17,19);1H. The van der Waals surface area contributed by atoms with Crippen LogP contribution in [0.1, 0.15) is 35.7 Å². The molecule has 1 aromatic rings. The van der Waals surface area contributed by atoms with Crippen LogP contribution in [0.4, 0.5) is 0 Å². The Morgan fingerprint density at radius 2 is 2.10 bits per heavy atom. The highest BCUT2D eigenvalue weighted by Crippen LogP contribution is 2.15. The molecule has 4 nitrogen and oxygen atoms in total. The van der Waals surface area contributed by atoms with E-state index in [9.17, 15) is 4.79 Å². The summed E-state index contributed by atoms with van der Waals surface area (Å²) < 4.78 is 0. The number of halogens is 1. The van der Waals surface area contributed by atoms with Gasteiger partial charge in [0.15, 0.2) is 0 Å². The molecule has 3 N–H and O–H groups in total. The van der Waals surface area contributed by atoms with Crippen molar-refractivity contribution in [3.8, 4) is 0 Å². The predicted octanol–water partition coefficient (Wildman–Crippen LogP) is 1.78. The highest BCUT2D eigenvalue weighted by Gasteiger charge is 2.23. The van der Waals surface area contributed by atoms with Gasteiger partial charge in [-0.1, -0.05) is 19.1 Å². The maximum atomic E-state index is 12.0. The van der Waals surface area contributed by atoms with Crippen LogP contribution < -0.4 is 11.1 Å². The van der Waals surface area contributed by atoms with Crippen molar-refractivity contribution >= 4 is 18.3 Å². The molecule has 1 aliphatic rings.